The zero-order valence-electron chi connectivity index (χ0n) is 10.4. The quantitative estimate of drug-likeness (QED) is 0.737. The molecule has 90 valence electrons. The second-order valence-electron chi connectivity index (χ2n) is 5.12. The number of anilines is 1. The van der Waals surface area contributed by atoms with Crippen molar-refractivity contribution < 1.29 is 4.79 Å². The van der Waals surface area contributed by atoms with E-state index in [2.05, 4.69) is 36.9 Å². The Balaban J connectivity index is 1.98. The van der Waals surface area contributed by atoms with Gasteiger partial charge in [0, 0.05) is 6.54 Å². The first-order valence-corrected chi connectivity index (χ1v) is 6.30. The number of fused-ring (bicyclic) bond motifs is 1. The van der Waals surface area contributed by atoms with Crippen molar-refractivity contribution in [1.82, 2.24) is 4.90 Å². The third kappa shape index (κ3) is 1.57. The molecule has 0 aromatic heterocycles. The van der Waals surface area contributed by atoms with Gasteiger partial charge in [-0.25, -0.2) is 0 Å². The second-order valence-corrected chi connectivity index (χ2v) is 5.12. The van der Waals surface area contributed by atoms with E-state index in [1.807, 2.05) is 4.90 Å². The molecule has 3 rings (SSSR count). The lowest BCUT2D eigenvalue weighted by Gasteiger charge is -2.21. The summed E-state index contributed by atoms with van der Waals surface area (Å²) in [7, 11) is 0. The number of carbonyl (C=O) groups is 1. The SMILES string of the molecule is Cc1cccc(C)c1N1CN2CCC[C@H]2C1=O. The summed E-state index contributed by atoms with van der Waals surface area (Å²) in [5.74, 6) is 0.292. The number of nitrogens with zero attached hydrogens (tertiary/aromatic N) is 2. The summed E-state index contributed by atoms with van der Waals surface area (Å²) >= 11 is 0. The maximum absolute atomic E-state index is 12.4. The molecule has 0 unspecified atom stereocenters. The standard InChI is InChI=1S/C14H18N2O/c1-10-5-3-6-11(2)13(10)16-9-15-8-4-7-12(15)14(16)17/h3,5-6,12H,4,7-9H2,1-2H3/t12-/m0/s1. The molecule has 2 heterocycles. The van der Waals surface area contributed by atoms with Crippen LogP contribution in [0.25, 0.3) is 0 Å². The number of hydrogen-bond acceptors (Lipinski definition) is 2. The Labute approximate surface area is 102 Å². The van der Waals surface area contributed by atoms with Crippen LogP contribution in [0.2, 0.25) is 0 Å². The molecule has 0 bridgehead atoms. The summed E-state index contributed by atoms with van der Waals surface area (Å²) in [5.41, 5.74) is 3.51. The Morgan fingerprint density at radius 3 is 2.59 bits per heavy atom. The lowest BCUT2D eigenvalue weighted by molar-refractivity contribution is -0.119. The van der Waals surface area contributed by atoms with E-state index in [0.29, 0.717) is 5.91 Å². The first-order valence-electron chi connectivity index (χ1n) is 6.30. The van der Waals surface area contributed by atoms with Gasteiger partial charge < -0.3 is 0 Å². The minimum absolute atomic E-state index is 0.147. The largest absolute Gasteiger partial charge is 0.297 e. The molecule has 0 spiro atoms. The summed E-state index contributed by atoms with van der Waals surface area (Å²) in [6.45, 7) is 6.01. The van der Waals surface area contributed by atoms with Crippen LogP contribution in [-0.4, -0.2) is 30.1 Å². The van der Waals surface area contributed by atoms with Gasteiger partial charge in [-0.15, -0.1) is 0 Å². The molecule has 0 saturated carbocycles. The van der Waals surface area contributed by atoms with Crippen molar-refractivity contribution in [3.8, 4) is 0 Å². The van der Waals surface area contributed by atoms with E-state index in [1.54, 1.807) is 0 Å². The zero-order valence-corrected chi connectivity index (χ0v) is 10.4. The molecule has 2 saturated heterocycles. The van der Waals surface area contributed by atoms with E-state index < -0.39 is 0 Å². The molecular weight excluding hydrogens is 212 g/mol. The van der Waals surface area contributed by atoms with Gasteiger partial charge in [-0.2, -0.15) is 0 Å². The van der Waals surface area contributed by atoms with Crippen molar-refractivity contribution in [1.29, 1.82) is 0 Å². The monoisotopic (exact) mass is 230 g/mol. The first kappa shape index (κ1) is 10.8. The van der Waals surface area contributed by atoms with Crippen LogP contribution in [0.1, 0.15) is 24.0 Å². The van der Waals surface area contributed by atoms with Gasteiger partial charge in [0.1, 0.15) is 0 Å². The van der Waals surface area contributed by atoms with Gasteiger partial charge in [0.05, 0.1) is 18.4 Å². The highest BCUT2D eigenvalue weighted by molar-refractivity contribution is 6.00. The Morgan fingerprint density at radius 2 is 1.94 bits per heavy atom. The topological polar surface area (TPSA) is 23.6 Å². The van der Waals surface area contributed by atoms with Crippen molar-refractivity contribution in [2.75, 3.05) is 18.1 Å². The summed E-state index contributed by atoms with van der Waals surface area (Å²) in [6, 6.07) is 6.36. The molecule has 1 aromatic carbocycles. The third-order valence-corrected chi connectivity index (χ3v) is 3.95. The Hall–Kier alpha value is -1.35. The van der Waals surface area contributed by atoms with Crippen molar-refractivity contribution in [2.24, 2.45) is 0 Å². The molecule has 1 amide bonds. The molecule has 2 aliphatic rings. The number of para-hydroxylation sites is 1. The van der Waals surface area contributed by atoms with Crippen LogP contribution in [0.3, 0.4) is 0 Å². The summed E-state index contributed by atoms with van der Waals surface area (Å²) in [4.78, 5) is 16.6. The fourth-order valence-corrected chi connectivity index (χ4v) is 3.12. The van der Waals surface area contributed by atoms with Crippen molar-refractivity contribution >= 4 is 11.6 Å². The molecule has 3 heteroatoms. The van der Waals surface area contributed by atoms with E-state index in [9.17, 15) is 4.79 Å². The smallest absolute Gasteiger partial charge is 0.245 e. The minimum atomic E-state index is 0.147. The molecular formula is C14H18N2O. The zero-order chi connectivity index (χ0) is 12.0. The number of rotatable bonds is 1. The van der Waals surface area contributed by atoms with Crippen LogP contribution in [0.15, 0.2) is 18.2 Å². The van der Waals surface area contributed by atoms with E-state index in [-0.39, 0.29) is 6.04 Å². The van der Waals surface area contributed by atoms with E-state index in [0.717, 1.165) is 31.7 Å². The summed E-state index contributed by atoms with van der Waals surface area (Å²) in [5, 5.41) is 0. The predicted molar refractivity (Wildman–Crippen MR) is 68.0 cm³/mol. The van der Waals surface area contributed by atoms with Crippen LogP contribution >= 0.6 is 0 Å². The van der Waals surface area contributed by atoms with E-state index >= 15 is 0 Å². The molecule has 0 radical (unpaired) electrons. The van der Waals surface area contributed by atoms with Gasteiger partial charge >= 0.3 is 0 Å². The van der Waals surface area contributed by atoms with E-state index in [1.165, 1.54) is 11.1 Å². The Kier molecular flexibility index (Phi) is 2.44. The van der Waals surface area contributed by atoms with Crippen molar-refractivity contribution in [3.63, 3.8) is 0 Å². The van der Waals surface area contributed by atoms with Crippen molar-refractivity contribution in [2.45, 2.75) is 32.7 Å². The summed E-state index contributed by atoms with van der Waals surface area (Å²) in [6.07, 6.45) is 2.19. The van der Waals surface area contributed by atoms with Gasteiger partial charge in [-0.1, -0.05) is 18.2 Å². The third-order valence-electron chi connectivity index (χ3n) is 3.95. The highest BCUT2D eigenvalue weighted by Crippen LogP contribution is 2.33. The summed E-state index contributed by atoms with van der Waals surface area (Å²) < 4.78 is 0. The number of aryl methyl sites for hydroxylation is 2. The van der Waals surface area contributed by atoms with Crippen LogP contribution in [0.4, 0.5) is 5.69 Å². The number of benzene rings is 1. The molecule has 1 aromatic rings. The Bertz CT molecular complexity index is 449. The fourth-order valence-electron chi connectivity index (χ4n) is 3.12. The molecule has 2 fully saturated rings. The van der Waals surface area contributed by atoms with Gasteiger partial charge in [-0.05, 0) is 37.8 Å². The predicted octanol–water partition coefficient (Wildman–Crippen LogP) is 2.07. The molecule has 1 atom stereocenters. The number of carbonyl (C=O) groups excluding carboxylic acids is 1. The first-order chi connectivity index (χ1) is 8.18. The van der Waals surface area contributed by atoms with Crippen LogP contribution in [0.5, 0.6) is 0 Å². The minimum Gasteiger partial charge on any atom is -0.297 e. The maximum atomic E-state index is 12.4. The highest BCUT2D eigenvalue weighted by atomic mass is 16.2. The van der Waals surface area contributed by atoms with Gasteiger partial charge in [0.2, 0.25) is 5.91 Å². The van der Waals surface area contributed by atoms with E-state index in [4.69, 9.17) is 0 Å². The average molecular weight is 230 g/mol. The second kappa shape index (κ2) is 3.84. The maximum Gasteiger partial charge on any atom is 0.245 e. The molecule has 2 aliphatic heterocycles. The van der Waals surface area contributed by atoms with Crippen LogP contribution in [-0.2, 0) is 4.79 Å². The van der Waals surface area contributed by atoms with Crippen molar-refractivity contribution in [3.05, 3.63) is 29.3 Å². The number of amides is 1. The lowest BCUT2D eigenvalue weighted by atomic mass is 10.1. The average Bonchev–Trinajstić information content (AvgIpc) is 2.84. The molecule has 3 nitrogen and oxygen atoms in total. The lowest BCUT2D eigenvalue weighted by Crippen LogP contribution is -2.30. The normalized spacial score (nSPS) is 24.5. The van der Waals surface area contributed by atoms with Crippen LogP contribution < -0.4 is 4.90 Å². The Morgan fingerprint density at radius 1 is 1.24 bits per heavy atom. The van der Waals surface area contributed by atoms with Gasteiger partial charge in [0.25, 0.3) is 0 Å². The van der Waals surface area contributed by atoms with Gasteiger partial charge in [-0.3, -0.25) is 14.6 Å². The number of hydrogen-bond donors (Lipinski definition) is 0. The van der Waals surface area contributed by atoms with Crippen LogP contribution in [0, 0.1) is 13.8 Å². The molecule has 0 N–H and O–H groups in total. The fraction of sp³-hybridized carbons (Fsp3) is 0.500. The molecule has 17 heavy (non-hydrogen) atoms. The molecule has 0 aliphatic carbocycles. The highest BCUT2D eigenvalue weighted by Gasteiger charge is 2.42. The van der Waals surface area contributed by atoms with Gasteiger partial charge in [0.15, 0.2) is 0 Å².